The molecule has 0 radical (unpaired) electrons. The van der Waals surface area contributed by atoms with Crippen molar-refractivity contribution in [1.29, 1.82) is 0 Å². The predicted octanol–water partition coefficient (Wildman–Crippen LogP) is 2.47. The van der Waals surface area contributed by atoms with Gasteiger partial charge in [0.25, 0.3) is 0 Å². The minimum absolute atomic E-state index is 0.109. The van der Waals surface area contributed by atoms with E-state index < -0.39 is 0 Å². The van der Waals surface area contributed by atoms with E-state index in [-0.39, 0.29) is 5.95 Å². The van der Waals surface area contributed by atoms with E-state index in [1.54, 1.807) is 6.20 Å². The first-order valence-corrected chi connectivity index (χ1v) is 7.38. The van der Waals surface area contributed by atoms with Crippen molar-refractivity contribution in [1.82, 2.24) is 19.9 Å². The second kappa shape index (κ2) is 6.43. The number of anilines is 1. The minimum atomic E-state index is 0.109. The van der Waals surface area contributed by atoms with Crippen LogP contribution in [0.4, 0.5) is 5.95 Å². The molecule has 0 aliphatic heterocycles. The van der Waals surface area contributed by atoms with Crippen molar-refractivity contribution >= 4 is 17.1 Å². The molecule has 118 valence electrons. The van der Waals surface area contributed by atoms with Crippen molar-refractivity contribution in [2.45, 2.75) is 13.8 Å². The molecule has 0 aliphatic rings. The van der Waals surface area contributed by atoms with Crippen LogP contribution in [-0.2, 0) is 0 Å². The molecule has 2 aromatic heterocycles. The van der Waals surface area contributed by atoms with Crippen LogP contribution in [0.1, 0.15) is 13.8 Å². The van der Waals surface area contributed by atoms with E-state index >= 15 is 0 Å². The summed E-state index contributed by atoms with van der Waals surface area (Å²) >= 11 is 0. The highest BCUT2D eigenvalue weighted by Crippen LogP contribution is 2.30. The van der Waals surface area contributed by atoms with Crippen LogP contribution in [0.5, 0.6) is 11.6 Å². The number of rotatable bonds is 5. The maximum atomic E-state index is 5.68. The summed E-state index contributed by atoms with van der Waals surface area (Å²) in [5.74, 6) is 1.19. The molecule has 3 aromatic rings. The third-order valence-electron chi connectivity index (χ3n) is 3.14. The van der Waals surface area contributed by atoms with Gasteiger partial charge in [-0.25, -0.2) is 9.97 Å². The van der Waals surface area contributed by atoms with Crippen molar-refractivity contribution in [3.05, 3.63) is 30.5 Å². The van der Waals surface area contributed by atoms with E-state index in [0.717, 1.165) is 11.3 Å². The fourth-order valence-electron chi connectivity index (χ4n) is 2.23. The maximum absolute atomic E-state index is 5.68. The van der Waals surface area contributed by atoms with E-state index in [9.17, 15) is 0 Å². The Morgan fingerprint density at radius 2 is 1.78 bits per heavy atom. The lowest BCUT2D eigenvalue weighted by Crippen LogP contribution is -2.04. The van der Waals surface area contributed by atoms with Crippen molar-refractivity contribution < 1.29 is 9.47 Å². The average Bonchev–Trinajstić information content (AvgIpc) is 2.56. The summed E-state index contributed by atoms with van der Waals surface area (Å²) in [6.45, 7) is 4.83. The molecule has 1 aromatic carbocycles. The monoisotopic (exact) mass is 311 g/mol. The van der Waals surface area contributed by atoms with Gasteiger partial charge >= 0.3 is 0 Å². The molecule has 0 unspecified atom stereocenters. The maximum Gasteiger partial charge on any atom is 0.247 e. The molecule has 0 fully saturated rings. The Morgan fingerprint density at radius 1 is 1.00 bits per heavy atom. The predicted molar refractivity (Wildman–Crippen MR) is 87.3 cm³/mol. The summed E-state index contributed by atoms with van der Waals surface area (Å²) in [4.78, 5) is 17.1. The smallest absolute Gasteiger partial charge is 0.247 e. The molecule has 0 saturated carbocycles. The van der Waals surface area contributed by atoms with Crippen LogP contribution in [0.25, 0.3) is 22.4 Å². The number of nitrogens with zero attached hydrogens (tertiary/aromatic N) is 4. The first kappa shape index (κ1) is 15.0. The number of benzene rings is 1. The Kier molecular flexibility index (Phi) is 4.18. The molecule has 0 amide bonds. The fourth-order valence-corrected chi connectivity index (χ4v) is 2.23. The Bertz CT molecular complexity index is 838. The molecule has 2 heterocycles. The lowest BCUT2D eigenvalue weighted by Gasteiger charge is -2.10. The second-order valence-electron chi connectivity index (χ2n) is 4.68. The van der Waals surface area contributed by atoms with Crippen molar-refractivity contribution in [3.8, 4) is 22.9 Å². The van der Waals surface area contributed by atoms with E-state index in [4.69, 9.17) is 15.2 Å². The van der Waals surface area contributed by atoms with Gasteiger partial charge in [0, 0.05) is 5.56 Å². The number of fused-ring (bicyclic) bond motifs is 1. The molecule has 0 bridgehead atoms. The molecular formula is C16H17N5O2. The standard InChI is InChI=1S/C16H17N5O2/c1-3-22-12-8-6-5-7-10(12)11-9-18-14-13(19-11)15(23-4-2)21-16(17)20-14/h5-9H,3-4H2,1-2H3,(H2,17,18,20,21). The lowest BCUT2D eigenvalue weighted by atomic mass is 10.1. The largest absolute Gasteiger partial charge is 0.493 e. The first-order chi connectivity index (χ1) is 11.2. The topological polar surface area (TPSA) is 96.0 Å². The van der Waals surface area contributed by atoms with E-state index in [0.29, 0.717) is 36.0 Å². The van der Waals surface area contributed by atoms with Gasteiger partial charge in [0.2, 0.25) is 11.8 Å². The highest BCUT2D eigenvalue weighted by molar-refractivity contribution is 5.80. The van der Waals surface area contributed by atoms with Gasteiger partial charge in [0.15, 0.2) is 11.2 Å². The summed E-state index contributed by atoms with van der Waals surface area (Å²) in [5, 5.41) is 0. The Balaban J connectivity index is 2.17. The van der Waals surface area contributed by atoms with Crippen LogP contribution >= 0.6 is 0 Å². The van der Waals surface area contributed by atoms with Crippen molar-refractivity contribution in [3.63, 3.8) is 0 Å². The van der Waals surface area contributed by atoms with E-state index in [1.165, 1.54) is 0 Å². The number of ether oxygens (including phenoxy) is 2. The summed E-state index contributed by atoms with van der Waals surface area (Å²) in [7, 11) is 0. The number of hydrogen-bond donors (Lipinski definition) is 1. The quantitative estimate of drug-likeness (QED) is 0.773. The van der Waals surface area contributed by atoms with Gasteiger partial charge in [-0.2, -0.15) is 9.97 Å². The van der Waals surface area contributed by atoms with Crippen LogP contribution < -0.4 is 15.2 Å². The zero-order valence-electron chi connectivity index (χ0n) is 13.0. The van der Waals surface area contributed by atoms with Crippen LogP contribution in [0, 0.1) is 0 Å². The third kappa shape index (κ3) is 2.98. The molecule has 7 nitrogen and oxygen atoms in total. The Morgan fingerprint density at radius 3 is 2.57 bits per heavy atom. The van der Waals surface area contributed by atoms with Gasteiger partial charge in [0.05, 0.1) is 25.1 Å². The number of nitrogen functional groups attached to an aromatic ring is 1. The summed E-state index contributed by atoms with van der Waals surface area (Å²) < 4.78 is 11.2. The lowest BCUT2D eigenvalue weighted by molar-refractivity contribution is 0.330. The third-order valence-corrected chi connectivity index (χ3v) is 3.14. The molecule has 7 heteroatoms. The SMILES string of the molecule is CCOc1ccccc1-c1cnc2nc(N)nc(OCC)c2n1. The molecule has 3 rings (SSSR count). The molecule has 0 spiro atoms. The second-order valence-corrected chi connectivity index (χ2v) is 4.68. The van der Waals surface area contributed by atoms with Gasteiger partial charge in [0.1, 0.15) is 5.75 Å². The van der Waals surface area contributed by atoms with Crippen LogP contribution in [-0.4, -0.2) is 33.1 Å². The zero-order valence-corrected chi connectivity index (χ0v) is 13.0. The van der Waals surface area contributed by atoms with Crippen LogP contribution in [0.15, 0.2) is 30.5 Å². The molecule has 2 N–H and O–H groups in total. The summed E-state index contributed by atoms with van der Waals surface area (Å²) in [6.07, 6.45) is 1.64. The Hall–Kier alpha value is -2.96. The van der Waals surface area contributed by atoms with Gasteiger partial charge < -0.3 is 15.2 Å². The number of para-hydroxylation sites is 1. The van der Waals surface area contributed by atoms with Gasteiger partial charge in [-0.15, -0.1) is 0 Å². The van der Waals surface area contributed by atoms with Gasteiger partial charge in [-0.3, -0.25) is 0 Å². The van der Waals surface area contributed by atoms with Gasteiger partial charge in [-0.05, 0) is 26.0 Å². The molecule has 0 saturated heterocycles. The summed E-state index contributed by atoms with van der Waals surface area (Å²) in [5.41, 5.74) is 8.07. The average molecular weight is 311 g/mol. The molecule has 0 aliphatic carbocycles. The highest BCUT2D eigenvalue weighted by Gasteiger charge is 2.14. The fraction of sp³-hybridized carbons (Fsp3) is 0.250. The van der Waals surface area contributed by atoms with Crippen molar-refractivity contribution in [2.24, 2.45) is 0 Å². The van der Waals surface area contributed by atoms with Crippen molar-refractivity contribution in [2.75, 3.05) is 18.9 Å². The molecular weight excluding hydrogens is 294 g/mol. The van der Waals surface area contributed by atoms with Gasteiger partial charge in [-0.1, -0.05) is 12.1 Å². The zero-order chi connectivity index (χ0) is 16.2. The highest BCUT2D eigenvalue weighted by atomic mass is 16.5. The normalized spacial score (nSPS) is 10.7. The van der Waals surface area contributed by atoms with E-state index in [2.05, 4.69) is 19.9 Å². The Labute approximate surface area is 133 Å². The first-order valence-electron chi connectivity index (χ1n) is 7.38. The van der Waals surface area contributed by atoms with Crippen LogP contribution in [0.3, 0.4) is 0 Å². The van der Waals surface area contributed by atoms with Crippen LogP contribution in [0.2, 0.25) is 0 Å². The molecule has 0 atom stereocenters. The summed E-state index contributed by atoms with van der Waals surface area (Å²) in [6, 6.07) is 7.66. The van der Waals surface area contributed by atoms with E-state index in [1.807, 2.05) is 38.1 Å². The minimum Gasteiger partial charge on any atom is -0.493 e. The number of aromatic nitrogens is 4. The number of nitrogens with two attached hydrogens (primary N) is 1. The number of hydrogen-bond acceptors (Lipinski definition) is 7. The molecule has 23 heavy (non-hydrogen) atoms.